The zero-order chi connectivity index (χ0) is 24.3. The number of aliphatic hydroxyl groups excluding tert-OH is 1. The predicted octanol–water partition coefficient (Wildman–Crippen LogP) is 3.62. The van der Waals surface area contributed by atoms with Crippen molar-refractivity contribution in [3.8, 4) is 11.1 Å². The Labute approximate surface area is 194 Å². The van der Waals surface area contributed by atoms with Crippen molar-refractivity contribution in [3.05, 3.63) is 42.5 Å². The number of anilines is 2. The molecule has 0 aliphatic carbocycles. The summed E-state index contributed by atoms with van der Waals surface area (Å²) in [6.45, 7) is 6.97. The Balaban J connectivity index is 2.08. The van der Waals surface area contributed by atoms with Gasteiger partial charge in [-0.15, -0.1) is 0 Å². The van der Waals surface area contributed by atoms with Crippen LogP contribution in [-0.4, -0.2) is 56.6 Å². The van der Waals surface area contributed by atoms with Gasteiger partial charge in [0.2, 0.25) is 5.91 Å². The van der Waals surface area contributed by atoms with Gasteiger partial charge in [-0.25, -0.2) is 13.2 Å². The number of fused-ring (bicyclic) bond motifs is 1. The molecule has 0 unspecified atom stereocenters. The number of carbonyl (C=O) groups is 2. The molecule has 0 spiro atoms. The largest absolute Gasteiger partial charge is 0.446 e. The molecular formula is C24H30N2O6S. The molecule has 1 N–H and O–H groups in total. The van der Waals surface area contributed by atoms with E-state index in [9.17, 15) is 18.0 Å². The number of nitrogens with zero attached hydrogens (tertiary/aromatic N) is 2. The topological polar surface area (TPSA) is 104 Å². The van der Waals surface area contributed by atoms with E-state index in [0.717, 1.165) is 0 Å². The Morgan fingerprint density at radius 2 is 1.82 bits per heavy atom. The van der Waals surface area contributed by atoms with E-state index in [1.165, 1.54) is 17.9 Å². The zero-order valence-corrected chi connectivity index (χ0v) is 20.1. The van der Waals surface area contributed by atoms with Gasteiger partial charge in [0.25, 0.3) is 0 Å². The zero-order valence-electron chi connectivity index (χ0n) is 19.3. The van der Waals surface area contributed by atoms with Crippen molar-refractivity contribution in [2.24, 2.45) is 0 Å². The van der Waals surface area contributed by atoms with Crippen LogP contribution >= 0.6 is 0 Å². The maximum atomic E-state index is 12.8. The first kappa shape index (κ1) is 24.7. The fourth-order valence-electron chi connectivity index (χ4n) is 3.96. The molecular weight excluding hydrogens is 444 g/mol. The van der Waals surface area contributed by atoms with Crippen LogP contribution in [-0.2, 0) is 19.4 Å². The van der Waals surface area contributed by atoms with Crippen LogP contribution in [0.15, 0.2) is 47.4 Å². The molecule has 1 aliphatic rings. The molecule has 1 heterocycles. The average molecular weight is 475 g/mol. The van der Waals surface area contributed by atoms with Crippen molar-refractivity contribution >= 4 is 33.2 Å². The van der Waals surface area contributed by atoms with Gasteiger partial charge >= 0.3 is 6.09 Å². The van der Waals surface area contributed by atoms with Gasteiger partial charge in [0.15, 0.2) is 9.84 Å². The van der Waals surface area contributed by atoms with Crippen LogP contribution < -0.4 is 9.80 Å². The molecule has 0 fully saturated rings. The summed E-state index contributed by atoms with van der Waals surface area (Å²) in [6.07, 6.45) is -0.637. The first-order valence-electron chi connectivity index (χ1n) is 10.9. The minimum Gasteiger partial charge on any atom is -0.446 e. The molecule has 0 saturated heterocycles. The molecule has 0 radical (unpaired) electrons. The van der Waals surface area contributed by atoms with Crippen LogP contribution in [0.5, 0.6) is 0 Å². The minimum absolute atomic E-state index is 0.134. The fourth-order valence-corrected chi connectivity index (χ4v) is 5.30. The van der Waals surface area contributed by atoms with E-state index in [0.29, 0.717) is 22.5 Å². The molecule has 8 nitrogen and oxygen atoms in total. The molecule has 33 heavy (non-hydrogen) atoms. The molecule has 0 aromatic heterocycles. The maximum absolute atomic E-state index is 12.8. The highest BCUT2D eigenvalue weighted by atomic mass is 32.2. The average Bonchev–Trinajstić information content (AvgIpc) is 2.76. The van der Waals surface area contributed by atoms with E-state index >= 15 is 0 Å². The lowest BCUT2D eigenvalue weighted by molar-refractivity contribution is -0.117. The van der Waals surface area contributed by atoms with E-state index in [-0.39, 0.29) is 48.3 Å². The fraction of sp³-hybridized carbons (Fsp3) is 0.417. The lowest BCUT2D eigenvalue weighted by Crippen LogP contribution is -2.51. The lowest BCUT2D eigenvalue weighted by atomic mass is 10.0. The number of sulfone groups is 1. The SMILES string of the molecule is CC(=O)N1c2ccc(-c3cccc(S(=O)(=O)CCCO)c3)cc2N(C(=O)OC(C)C)C[C@@H]1C. The van der Waals surface area contributed by atoms with Gasteiger partial charge in [-0.1, -0.05) is 18.2 Å². The first-order chi connectivity index (χ1) is 15.5. The number of benzene rings is 2. The second kappa shape index (κ2) is 9.93. The number of hydrogen-bond acceptors (Lipinski definition) is 6. The van der Waals surface area contributed by atoms with Crippen LogP contribution in [0.2, 0.25) is 0 Å². The molecule has 2 amide bonds. The van der Waals surface area contributed by atoms with Gasteiger partial charge in [-0.3, -0.25) is 9.69 Å². The van der Waals surface area contributed by atoms with Crippen molar-refractivity contribution in [2.45, 2.75) is 51.2 Å². The summed E-state index contributed by atoms with van der Waals surface area (Å²) in [5, 5.41) is 8.99. The van der Waals surface area contributed by atoms with Crippen molar-refractivity contribution in [1.82, 2.24) is 0 Å². The Morgan fingerprint density at radius 3 is 2.45 bits per heavy atom. The summed E-state index contributed by atoms with van der Waals surface area (Å²) in [4.78, 5) is 28.5. The van der Waals surface area contributed by atoms with Gasteiger partial charge < -0.3 is 14.7 Å². The Morgan fingerprint density at radius 1 is 1.12 bits per heavy atom. The van der Waals surface area contributed by atoms with Crippen molar-refractivity contribution < 1.29 is 27.9 Å². The molecule has 1 atom stereocenters. The first-order valence-corrected chi connectivity index (χ1v) is 12.6. The number of amides is 2. The van der Waals surface area contributed by atoms with Crippen LogP contribution in [0.25, 0.3) is 11.1 Å². The standard InChI is InChI=1S/C24H30N2O6S/c1-16(2)32-24(29)25-15-17(3)26(18(4)28)22-10-9-20(14-23(22)25)19-7-5-8-21(13-19)33(30,31)12-6-11-27/h5,7-10,13-14,16-17,27H,6,11-12,15H2,1-4H3/t17-/m0/s1. The summed E-state index contributed by atoms with van der Waals surface area (Å²) in [5.41, 5.74) is 2.49. The van der Waals surface area contributed by atoms with Gasteiger partial charge in [0, 0.05) is 20.1 Å². The lowest BCUT2D eigenvalue weighted by Gasteiger charge is -2.40. The predicted molar refractivity (Wildman–Crippen MR) is 127 cm³/mol. The number of carbonyl (C=O) groups excluding carboxylic acids is 2. The van der Waals surface area contributed by atoms with Crippen LogP contribution in [0.4, 0.5) is 16.2 Å². The van der Waals surface area contributed by atoms with E-state index < -0.39 is 15.9 Å². The smallest absolute Gasteiger partial charge is 0.414 e. The summed E-state index contributed by atoms with van der Waals surface area (Å²) >= 11 is 0. The highest BCUT2D eigenvalue weighted by Crippen LogP contribution is 2.39. The van der Waals surface area contributed by atoms with Crippen LogP contribution in [0.1, 0.15) is 34.1 Å². The van der Waals surface area contributed by atoms with Crippen molar-refractivity contribution in [2.75, 3.05) is 28.7 Å². The van der Waals surface area contributed by atoms with Crippen molar-refractivity contribution in [1.29, 1.82) is 0 Å². The third-order valence-corrected chi connectivity index (χ3v) is 7.21. The summed E-state index contributed by atoms with van der Waals surface area (Å²) in [6, 6.07) is 11.7. The van der Waals surface area contributed by atoms with Gasteiger partial charge in [-0.05, 0) is 62.6 Å². The van der Waals surface area contributed by atoms with Gasteiger partial charge in [-0.2, -0.15) is 0 Å². The molecule has 0 saturated carbocycles. The van der Waals surface area contributed by atoms with E-state index in [4.69, 9.17) is 9.84 Å². The highest BCUT2D eigenvalue weighted by molar-refractivity contribution is 7.91. The van der Waals surface area contributed by atoms with Crippen molar-refractivity contribution in [3.63, 3.8) is 0 Å². The van der Waals surface area contributed by atoms with E-state index in [1.54, 1.807) is 55.1 Å². The molecule has 178 valence electrons. The summed E-state index contributed by atoms with van der Waals surface area (Å²) in [5.74, 6) is -0.275. The monoisotopic (exact) mass is 474 g/mol. The Kier molecular flexibility index (Phi) is 7.44. The molecule has 0 bridgehead atoms. The number of aliphatic hydroxyl groups is 1. The molecule has 1 aliphatic heterocycles. The number of hydrogen-bond donors (Lipinski definition) is 1. The Bertz CT molecular complexity index is 1150. The van der Waals surface area contributed by atoms with Crippen LogP contribution in [0, 0.1) is 0 Å². The minimum atomic E-state index is -3.53. The summed E-state index contributed by atoms with van der Waals surface area (Å²) < 4.78 is 30.6. The van der Waals surface area contributed by atoms with Crippen LogP contribution in [0.3, 0.4) is 0 Å². The maximum Gasteiger partial charge on any atom is 0.414 e. The normalized spacial score (nSPS) is 16.0. The third kappa shape index (κ3) is 5.36. The Hall–Kier alpha value is -2.91. The second-order valence-electron chi connectivity index (χ2n) is 8.41. The molecule has 3 rings (SSSR count). The third-order valence-electron chi connectivity index (χ3n) is 5.41. The quantitative estimate of drug-likeness (QED) is 0.686. The number of ether oxygens (including phenoxy) is 1. The van der Waals surface area contributed by atoms with E-state index in [1.807, 2.05) is 6.92 Å². The highest BCUT2D eigenvalue weighted by Gasteiger charge is 2.34. The molecule has 2 aromatic carbocycles. The molecule has 2 aromatic rings. The summed E-state index contributed by atoms with van der Waals surface area (Å²) in [7, 11) is -3.53. The second-order valence-corrected chi connectivity index (χ2v) is 10.5. The molecule has 9 heteroatoms. The van der Waals surface area contributed by atoms with Gasteiger partial charge in [0.05, 0.1) is 34.2 Å². The van der Waals surface area contributed by atoms with E-state index in [2.05, 4.69) is 0 Å². The van der Waals surface area contributed by atoms with Gasteiger partial charge in [0.1, 0.15) is 0 Å². The number of rotatable bonds is 6.